The fraction of sp³-hybridized carbons (Fsp3) is 0.400. The largest absolute Gasteiger partial charge is 0.490 e. The number of halogens is 3. The van der Waals surface area contributed by atoms with Crippen LogP contribution >= 0.6 is 24.8 Å². The van der Waals surface area contributed by atoms with E-state index in [-0.39, 0.29) is 36.7 Å². The van der Waals surface area contributed by atoms with E-state index in [9.17, 15) is 4.39 Å². The molecule has 3 rings (SSSR count). The highest BCUT2D eigenvalue weighted by Crippen LogP contribution is 2.21. The molecule has 0 radical (unpaired) electrons. The molecule has 1 fully saturated rings. The Hall–Kier alpha value is -1.33. The van der Waals surface area contributed by atoms with Crippen LogP contribution in [0.3, 0.4) is 0 Å². The second-order valence-electron chi connectivity index (χ2n) is 6.41. The maximum atomic E-state index is 13.2. The van der Waals surface area contributed by atoms with Gasteiger partial charge in [-0.3, -0.25) is 4.90 Å². The number of rotatable bonds is 6. The Balaban J connectivity index is 0.00000169. The van der Waals surface area contributed by atoms with E-state index in [1.165, 1.54) is 23.3 Å². The molecule has 2 aromatic carbocycles. The standard InChI is InChI=1S/C20H25FN2O.2ClH/c21-18-5-2-6-20(14-18)24-19-8-11-23(12-9-19)15-17-4-1-3-16(13-17)7-10-22;;/h1-6,13-14,19H,7-12,15,22H2;2*1H. The summed E-state index contributed by atoms with van der Waals surface area (Å²) >= 11 is 0. The first kappa shape index (κ1) is 22.7. The van der Waals surface area contributed by atoms with Gasteiger partial charge in [-0.05, 0) is 49.1 Å². The van der Waals surface area contributed by atoms with Crippen molar-refractivity contribution in [1.29, 1.82) is 0 Å². The molecule has 3 nitrogen and oxygen atoms in total. The van der Waals surface area contributed by atoms with Crippen molar-refractivity contribution in [3.63, 3.8) is 0 Å². The van der Waals surface area contributed by atoms with Crippen molar-refractivity contribution in [2.45, 2.75) is 31.9 Å². The van der Waals surface area contributed by atoms with Gasteiger partial charge in [0.15, 0.2) is 0 Å². The van der Waals surface area contributed by atoms with Crippen molar-refractivity contribution in [2.24, 2.45) is 5.73 Å². The van der Waals surface area contributed by atoms with Crippen LogP contribution in [0.15, 0.2) is 48.5 Å². The van der Waals surface area contributed by atoms with Crippen LogP contribution in [0.25, 0.3) is 0 Å². The lowest BCUT2D eigenvalue weighted by Gasteiger charge is -2.32. The quantitative estimate of drug-likeness (QED) is 0.788. The summed E-state index contributed by atoms with van der Waals surface area (Å²) in [5.74, 6) is 0.380. The Morgan fingerprint density at radius 3 is 2.38 bits per heavy atom. The lowest BCUT2D eigenvalue weighted by molar-refractivity contribution is 0.0965. The van der Waals surface area contributed by atoms with Crippen LogP contribution in [0, 0.1) is 5.82 Å². The minimum atomic E-state index is -0.248. The zero-order valence-electron chi connectivity index (χ0n) is 14.8. The van der Waals surface area contributed by atoms with Gasteiger partial charge in [-0.2, -0.15) is 0 Å². The van der Waals surface area contributed by atoms with Crippen molar-refractivity contribution < 1.29 is 9.13 Å². The summed E-state index contributed by atoms with van der Waals surface area (Å²) in [5, 5.41) is 0. The van der Waals surface area contributed by atoms with E-state index < -0.39 is 0 Å². The summed E-state index contributed by atoms with van der Waals surface area (Å²) in [5.41, 5.74) is 8.28. The molecule has 1 aliphatic heterocycles. The summed E-state index contributed by atoms with van der Waals surface area (Å²) < 4.78 is 19.1. The SMILES string of the molecule is Cl.Cl.NCCc1cccc(CN2CCC(Oc3cccc(F)c3)CC2)c1. The molecular formula is C20H27Cl2FN2O. The number of ether oxygens (including phenoxy) is 1. The molecule has 0 bridgehead atoms. The smallest absolute Gasteiger partial charge is 0.126 e. The average Bonchev–Trinajstić information content (AvgIpc) is 2.57. The van der Waals surface area contributed by atoms with Gasteiger partial charge in [-0.25, -0.2) is 4.39 Å². The number of likely N-dealkylation sites (tertiary alicyclic amines) is 1. The van der Waals surface area contributed by atoms with Gasteiger partial charge in [0.25, 0.3) is 0 Å². The Morgan fingerprint density at radius 2 is 1.69 bits per heavy atom. The van der Waals surface area contributed by atoms with E-state index in [4.69, 9.17) is 10.5 Å². The third-order valence-electron chi connectivity index (χ3n) is 4.46. The van der Waals surface area contributed by atoms with E-state index in [0.29, 0.717) is 12.3 Å². The van der Waals surface area contributed by atoms with Crippen molar-refractivity contribution in [3.8, 4) is 5.75 Å². The molecule has 0 unspecified atom stereocenters. The van der Waals surface area contributed by atoms with Crippen LogP contribution in [0.5, 0.6) is 5.75 Å². The van der Waals surface area contributed by atoms with Crippen LogP contribution in [0.1, 0.15) is 24.0 Å². The summed E-state index contributed by atoms with van der Waals surface area (Å²) in [4.78, 5) is 2.45. The molecule has 144 valence electrons. The number of hydrogen-bond donors (Lipinski definition) is 1. The van der Waals surface area contributed by atoms with Gasteiger partial charge in [-0.15, -0.1) is 24.8 Å². The molecule has 2 N–H and O–H groups in total. The highest BCUT2D eigenvalue weighted by atomic mass is 35.5. The lowest BCUT2D eigenvalue weighted by Crippen LogP contribution is -2.37. The van der Waals surface area contributed by atoms with E-state index in [1.807, 2.05) is 6.07 Å². The number of hydrogen-bond acceptors (Lipinski definition) is 3. The van der Waals surface area contributed by atoms with E-state index >= 15 is 0 Å². The van der Waals surface area contributed by atoms with Crippen LogP contribution in [-0.4, -0.2) is 30.6 Å². The molecule has 0 aromatic heterocycles. The predicted octanol–water partition coefficient (Wildman–Crippen LogP) is 4.21. The second-order valence-corrected chi connectivity index (χ2v) is 6.41. The molecule has 6 heteroatoms. The number of piperidine rings is 1. The normalized spacial score (nSPS) is 15.0. The zero-order valence-corrected chi connectivity index (χ0v) is 16.4. The molecule has 0 atom stereocenters. The van der Waals surface area contributed by atoms with Gasteiger partial charge in [0, 0.05) is 25.7 Å². The van der Waals surface area contributed by atoms with Gasteiger partial charge < -0.3 is 10.5 Å². The van der Waals surface area contributed by atoms with Gasteiger partial charge >= 0.3 is 0 Å². The third-order valence-corrected chi connectivity index (χ3v) is 4.46. The fourth-order valence-corrected chi connectivity index (χ4v) is 3.23. The number of nitrogens with zero attached hydrogens (tertiary/aromatic N) is 1. The predicted molar refractivity (Wildman–Crippen MR) is 109 cm³/mol. The zero-order chi connectivity index (χ0) is 16.8. The summed E-state index contributed by atoms with van der Waals surface area (Å²) in [6.07, 6.45) is 3.04. The third kappa shape index (κ3) is 6.76. The Kier molecular flexibility index (Phi) is 9.96. The van der Waals surface area contributed by atoms with Crippen molar-refractivity contribution >= 4 is 24.8 Å². The molecule has 0 spiro atoms. The lowest BCUT2D eigenvalue weighted by atomic mass is 10.0. The maximum Gasteiger partial charge on any atom is 0.126 e. The monoisotopic (exact) mass is 400 g/mol. The minimum Gasteiger partial charge on any atom is -0.490 e. The molecule has 0 amide bonds. The molecule has 1 saturated heterocycles. The molecule has 1 aliphatic rings. The summed E-state index contributed by atoms with van der Waals surface area (Å²) in [7, 11) is 0. The Morgan fingerprint density at radius 1 is 1.00 bits per heavy atom. The van der Waals surface area contributed by atoms with E-state index in [0.717, 1.165) is 38.9 Å². The highest BCUT2D eigenvalue weighted by Gasteiger charge is 2.20. The molecule has 26 heavy (non-hydrogen) atoms. The highest BCUT2D eigenvalue weighted by molar-refractivity contribution is 5.85. The first-order valence-electron chi connectivity index (χ1n) is 8.65. The van der Waals surface area contributed by atoms with Crippen LogP contribution < -0.4 is 10.5 Å². The van der Waals surface area contributed by atoms with E-state index in [2.05, 4.69) is 29.2 Å². The minimum absolute atomic E-state index is 0. The molecule has 0 aliphatic carbocycles. The number of nitrogens with two attached hydrogens (primary N) is 1. The Labute approximate surface area is 167 Å². The van der Waals surface area contributed by atoms with Gasteiger partial charge in [0.1, 0.15) is 17.7 Å². The van der Waals surface area contributed by atoms with Crippen LogP contribution in [0.4, 0.5) is 4.39 Å². The van der Waals surface area contributed by atoms with Gasteiger partial charge in [0.2, 0.25) is 0 Å². The molecular weight excluding hydrogens is 374 g/mol. The number of benzene rings is 2. The first-order chi connectivity index (χ1) is 11.7. The summed E-state index contributed by atoms with van der Waals surface area (Å²) in [6.45, 7) is 3.65. The fourth-order valence-electron chi connectivity index (χ4n) is 3.23. The van der Waals surface area contributed by atoms with Gasteiger partial charge in [0.05, 0.1) is 0 Å². The molecule has 2 aromatic rings. The topological polar surface area (TPSA) is 38.5 Å². The second kappa shape index (κ2) is 11.4. The Bertz CT molecular complexity index is 664. The first-order valence-corrected chi connectivity index (χ1v) is 8.65. The van der Waals surface area contributed by atoms with Crippen molar-refractivity contribution in [3.05, 3.63) is 65.5 Å². The van der Waals surface area contributed by atoms with Crippen LogP contribution in [0.2, 0.25) is 0 Å². The average molecular weight is 401 g/mol. The van der Waals surface area contributed by atoms with Crippen LogP contribution in [-0.2, 0) is 13.0 Å². The summed E-state index contributed by atoms with van der Waals surface area (Å²) in [6, 6.07) is 15.1. The molecule has 0 saturated carbocycles. The van der Waals surface area contributed by atoms with E-state index in [1.54, 1.807) is 6.07 Å². The maximum absolute atomic E-state index is 13.2. The molecule has 1 heterocycles. The van der Waals surface area contributed by atoms with Crippen molar-refractivity contribution in [1.82, 2.24) is 4.90 Å². The van der Waals surface area contributed by atoms with Crippen molar-refractivity contribution in [2.75, 3.05) is 19.6 Å². The van der Waals surface area contributed by atoms with Gasteiger partial charge in [-0.1, -0.05) is 30.3 Å².